The lowest BCUT2D eigenvalue weighted by Crippen LogP contribution is -2.45. The second kappa shape index (κ2) is 4.23. The maximum Gasteiger partial charge on any atom is 0.237 e. The van der Waals surface area contributed by atoms with Crippen LogP contribution >= 0.6 is 0 Å². The molecule has 2 amide bonds. The molecule has 0 spiro atoms. The molecule has 0 saturated carbocycles. The van der Waals surface area contributed by atoms with Gasteiger partial charge in [-0.3, -0.25) is 9.59 Å². The van der Waals surface area contributed by atoms with Crippen molar-refractivity contribution in [2.75, 3.05) is 6.54 Å². The normalized spacial score (nSPS) is 23.8. The minimum absolute atomic E-state index is 0.0182. The Morgan fingerprint density at radius 1 is 1.85 bits per heavy atom. The SMILES string of the molecule is CC[C@@H](N)C(=O)NC1CNC(=O)C1. The Labute approximate surface area is 77.1 Å². The minimum atomic E-state index is -0.462. The van der Waals surface area contributed by atoms with Gasteiger partial charge in [-0.05, 0) is 6.42 Å². The van der Waals surface area contributed by atoms with Crippen molar-refractivity contribution in [2.45, 2.75) is 31.8 Å². The van der Waals surface area contributed by atoms with E-state index in [9.17, 15) is 9.59 Å². The minimum Gasteiger partial charge on any atom is -0.354 e. The lowest BCUT2D eigenvalue weighted by atomic mass is 10.2. The average Bonchev–Trinajstić information content (AvgIpc) is 2.49. The second-order valence-corrected chi connectivity index (χ2v) is 3.23. The van der Waals surface area contributed by atoms with Crippen molar-refractivity contribution in [3.8, 4) is 0 Å². The van der Waals surface area contributed by atoms with Crippen molar-refractivity contribution < 1.29 is 9.59 Å². The van der Waals surface area contributed by atoms with Crippen LogP contribution in [0.5, 0.6) is 0 Å². The fourth-order valence-corrected chi connectivity index (χ4v) is 1.20. The number of nitrogens with one attached hydrogen (secondary N) is 2. The number of hydrogen-bond acceptors (Lipinski definition) is 3. The third kappa shape index (κ3) is 2.69. The second-order valence-electron chi connectivity index (χ2n) is 3.23. The molecule has 0 aliphatic carbocycles. The summed E-state index contributed by atoms with van der Waals surface area (Å²) < 4.78 is 0. The quantitative estimate of drug-likeness (QED) is 0.512. The molecule has 0 radical (unpaired) electrons. The van der Waals surface area contributed by atoms with Gasteiger partial charge in [0.2, 0.25) is 11.8 Å². The summed E-state index contributed by atoms with van der Waals surface area (Å²) >= 11 is 0. The molecular weight excluding hydrogens is 170 g/mol. The molecule has 0 aromatic heterocycles. The van der Waals surface area contributed by atoms with Crippen LogP contribution < -0.4 is 16.4 Å². The average molecular weight is 185 g/mol. The van der Waals surface area contributed by atoms with Crippen LogP contribution in [0.2, 0.25) is 0 Å². The Morgan fingerprint density at radius 3 is 3.00 bits per heavy atom. The number of hydrogen-bond donors (Lipinski definition) is 3. The molecule has 1 unspecified atom stereocenters. The summed E-state index contributed by atoms with van der Waals surface area (Å²) in [6.07, 6.45) is 0.974. The Kier molecular flexibility index (Phi) is 3.25. The van der Waals surface area contributed by atoms with Crippen molar-refractivity contribution in [3.63, 3.8) is 0 Å². The first kappa shape index (κ1) is 9.98. The molecule has 5 heteroatoms. The number of carbonyl (C=O) groups is 2. The first-order valence-corrected chi connectivity index (χ1v) is 4.46. The molecule has 1 heterocycles. The highest BCUT2D eigenvalue weighted by Crippen LogP contribution is 1.99. The van der Waals surface area contributed by atoms with Crippen LogP contribution in [0.1, 0.15) is 19.8 Å². The van der Waals surface area contributed by atoms with E-state index in [0.717, 1.165) is 0 Å². The molecule has 5 nitrogen and oxygen atoms in total. The van der Waals surface area contributed by atoms with Gasteiger partial charge in [-0.1, -0.05) is 6.92 Å². The van der Waals surface area contributed by atoms with Crippen molar-refractivity contribution in [1.82, 2.24) is 10.6 Å². The highest BCUT2D eigenvalue weighted by Gasteiger charge is 2.24. The van der Waals surface area contributed by atoms with E-state index >= 15 is 0 Å². The molecule has 2 atom stereocenters. The van der Waals surface area contributed by atoms with Crippen LogP contribution in [0.3, 0.4) is 0 Å². The number of amides is 2. The summed E-state index contributed by atoms with van der Waals surface area (Å²) in [6.45, 7) is 2.36. The third-order valence-electron chi connectivity index (χ3n) is 2.10. The zero-order valence-corrected chi connectivity index (χ0v) is 7.67. The summed E-state index contributed by atoms with van der Waals surface area (Å²) in [6, 6.07) is -0.548. The largest absolute Gasteiger partial charge is 0.354 e. The standard InChI is InChI=1S/C8H15N3O2/c1-2-6(9)8(13)11-5-3-7(12)10-4-5/h5-6H,2-4,9H2,1H3,(H,10,12)(H,11,13)/t5?,6-/m1/s1. The Bertz CT molecular complexity index is 217. The van der Waals surface area contributed by atoms with Crippen molar-refractivity contribution in [1.29, 1.82) is 0 Å². The molecule has 1 fully saturated rings. The molecule has 0 aromatic rings. The lowest BCUT2D eigenvalue weighted by Gasteiger charge is -2.13. The first-order chi connectivity index (χ1) is 6.13. The number of carbonyl (C=O) groups excluding carboxylic acids is 2. The number of rotatable bonds is 3. The Morgan fingerprint density at radius 2 is 2.54 bits per heavy atom. The summed E-state index contributed by atoms with van der Waals surface area (Å²) in [5.74, 6) is -0.195. The topological polar surface area (TPSA) is 84.2 Å². The van der Waals surface area contributed by atoms with Gasteiger partial charge in [0.1, 0.15) is 0 Å². The van der Waals surface area contributed by atoms with Crippen molar-refractivity contribution in [3.05, 3.63) is 0 Å². The van der Waals surface area contributed by atoms with Gasteiger partial charge in [0.05, 0.1) is 12.1 Å². The van der Waals surface area contributed by atoms with E-state index in [2.05, 4.69) is 10.6 Å². The van der Waals surface area contributed by atoms with Gasteiger partial charge < -0.3 is 16.4 Å². The maximum atomic E-state index is 11.3. The predicted octanol–water partition coefficient (Wildman–Crippen LogP) is -1.27. The van der Waals surface area contributed by atoms with Gasteiger partial charge in [0.25, 0.3) is 0 Å². The van der Waals surface area contributed by atoms with Crippen LogP contribution in [0.25, 0.3) is 0 Å². The first-order valence-electron chi connectivity index (χ1n) is 4.46. The van der Waals surface area contributed by atoms with Gasteiger partial charge in [0, 0.05) is 13.0 Å². The van der Waals surface area contributed by atoms with E-state index < -0.39 is 6.04 Å². The van der Waals surface area contributed by atoms with Crippen LogP contribution in [0.15, 0.2) is 0 Å². The monoisotopic (exact) mass is 185 g/mol. The van der Waals surface area contributed by atoms with Gasteiger partial charge in [-0.15, -0.1) is 0 Å². The van der Waals surface area contributed by atoms with Crippen LogP contribution in [-0.4, -0.2) is 30.4 Å². The van der Waals surface area contributed by atoms with E-state index in [4.69, 9.17) is 5.73 Å². The molecule has 0 bridgehead atoms. The maximum absolute atomic E-state index is 11.3. The van der Waals surface area contributed by atoms with E-state index in [1.54, 1.807) is 0 Å². The number of nitrogens with two attached hydrogens (primary N) is 1. The summed E-state index contributed by atoms with van der Waals surface area (Å²) in [5.41, 5.74) is 5.51. The van der Waals surface area contributed by atoms with Crippen LogP contribution in [0.4, 0.5) is 0 Å². The summed E-state index contributed by atoms with van der Waals surface area (Å²) in [7, 11) is 0. The predicted molar refractivity (Wildman–Crippen MR) is 47.8 cm³/mol. The highest BCUT2D eigenvalue weighted by atomic mass is 16.2. The molecule has 4 N–H and O–H groups in total. The molecule has 1 aliphatic heterocycles. The summed E-state index contributed by atoms with van der Waals surface area (Å²) in [4.78, 5) is 22.0. The Balaban J connectivity index is 2.32. The zero-order chi connectivity index (χ0) is 9.84. The third-order valence-corrected chi connectivity index (χ3v) is 2.10. The van der Waals surface area contributed by atoms with Gasteiger partial charge >= 0.3 is 0 Å². The van der Waals surface area contributed by atoms with Crippen molar-refractivity contribution >= 4 is 11.8 Å². The van der Waals surface area contributed by atoms with Gasteiger partial charge in [-0.2, -0.15) is 0 Å². The van der Waals surface area contributed by atoms with E-state index in [1.807, 2.05) is 6.92 Å². The van der Waals surface area contributed by atoms with Gasteiger partial charge in [-0.25, -0.2) is 0 Å². The molecule has 1 saturated heterocycles. The van der Waals surface area contributed by atoms with Gasteiger partial charge in [0.15, 0.2) is 0 Å². The smallest absolute Gasteiger partial charge is 0.237 e. The highest BCUT2D eigenvalue weighted by molar-refractivity contribution is 5.84. The molecule has 1 aliphatic rings. The molecule has 0 aromatic carbocycles. The molecular formula is C8H15N3O2. The zero-order valence-electron chi connectivity index (χ0n) is 7.67. The fraction of sp³-hybridized carbons (Fsp3) is 0.750. The van der Waals surface area contributed by atoms with Crippen LogP contribution in [-0.2, 0) is 9.59 Å². The van der Waals surface area contributed by atoms with E-state index in [1.165, 1.54) is 0 Å². The fourth-order valence-electron chi connectivity index (χ4n) is 1.20. The van der Waals surface area contributed by atoms with E-state index in [-0.39, 0.29) is 17.9 Å². The van der Waals surface area contributed by atoms with Crippen molar-refractivity contribution in [2.24, 2.45) is 5.73 Å². The Hall–Kier alpha value is -1.10. The van der Waals surface area contributed by atoms with Crippen LogP contribution in [0, 0.1) is 0 Å². The summed E-state index contributed by atoms with van der Waals surface area (Å²) in [5, 5.41) is 5.35. The van der Waals surface area contributed by atoms with E-state index in [0.29, 0.717) is 19.4 Å². The lowest BCUT2D eigenvalue weighted by molar-refractivity contribution is -0.123. The molecule has 1 rings (SSSR count). The molecule has 74 valence electrons. The molecule has 13 heavy (non-hydrogen) atoms.